The molecule has 7 heteroatoms. The molecule has 0 radical (unpaired) electrons. The van der Waals surface area contributed by atoms with Crippen LogP contribution in [-0.4, -0.2) is 20.9 Å². The molecule has 31 heavy (non-hydrogen) atoms. The zero-order valence-corrected chi connectivity index (χ0v) is 18.5. The Hall–Kier alpha value is -3.19. The fraction of sp³-hybridized carbons (Fsp3) is 0.208. The molecule has 0 saturated carbocycles. The van der Waals surface area contributed by atoms with Crippen molar-refractivity contribution in [3.8, 4) is 0 Å². The van der Waals surface area contributed by atoms with E-state index in [1.54, 1.807) is 56.3 Å². The molecule has 0 heterocycles. The molecule has 0 aliphatic carbocycles. The topological polar surface area (TPSA) is 66.5 Å². The molecule has 162 valence electrons. The number of sulfonamides is 1. The van der Waals surface area contributed by atoms with Crippen LogP contribution in [0.5, 0.6) is 0 Å². The normalized spacial score (nSPS) is 12.3. The summed E-state index contributed by atoms with van der Waals surface area (Å²) in [5, 5.41) is 2.80. The zero-order valence-electron chi connectivity index (χ0n) is 17.7. The SMILES string of the molecule is Cc1ccc(S(=O)(=O)N(CC(=O)N[C@@H](C)c2ccc(F)cc2)c2ccccc2C)cc1. The largest absolute Gasteiger partial charge is 0.348 e. The minimum absolute atomic E-state index is 0.112. The fourth-order valence-electron chi connectivity index (χ4n) is 3.23. The summed E-state index contributed by atoms with van der Waals surface area (Å²) in [6.45, 7) is 5.05. The van der Waals surface area contributed by atoms with Gasteiger partial charge in [0.25, 0.3) is 10.0 Å². The lowest BCUT2D eigenvalue weighted by atomic mass is 10.1. The van der Waals surface area contributed by atoms with Crippen LogP contribution in [0.2, 0.25) is 0 Å². The molecule has 0 aliphatic heterocycles. The maximum Gasteiger partial charge on any atom is 0.264 e. The monoisotopic (exact) mass is 440 g/mol. The Bertz CT molecular complexity index is 1160. The fourth-order valence-corrected chi connectivity index (χ4v) is 4.72. The van der Waals surface area contributed by atoms with Crippen molar-refractivity contribution in [2.75, 3.05) is 10.8 Å². The molecule has 0 unspecified atom stereocenters. The molecular formula is C24H25FN2O3S. The molecule has 3 aromatic rings. The first-order valence-electron chi connectivity index (χ1n) is 9.88. The molecule has 0 aromatic heterocycles. The summed E-state index contributed by atoms with van der Waals surface area (Å²) in [6.07, 6.45) is 0. The number of rotatable bonds is 7. The lowest BCUT2D eigenvalue weighted by Gasteiger charge is -2.26. The number of hydrogen-bond donors (Lipinski definition) is 1. The number of benzene rings is 3. The van der Waals surface area contributed by atoms with Crippen molar-refractivity contribution in [3.63, 3.8) is 0 Å². The lowest BCUT2D eigenvalue weighted by molar-refractivity contribution is -0.120. The van der Waals surface area contributed by atoms with E-state index in [4.69, 9.17) is 0 Å². The van der Waals surface area contributed by atoms with Crippen LogP contribution in [0.1, 0.15) is 29.7 Å². The highest BCUT2D eigenvalue weighted by molar-refractivity contribution is 7.92. The standard InChI is InChI=1S/C24H25FN2O3S/c1-17-8-14-22(15-9-17)31(29,30)27(23-7-5-4-6-18(23)2)16-24(28)26-19(3)20-10-12-21(25)13-11-20/h4-15,19H,16H2,1-3H3,(H,26,28)/t19-/m0/s1. The van der Waals surface area contributed by atoms with Gasteiger partial charge in [-0.15, -0.1) is 0 Å². The van der Waals surface area contributed by atoms with Gasteiger partial charge >= 0.3 is 0 Å². The third kappa shape index (κ3) is 5.30. The van der Waals surface area contributed by atoms with Crippen molar-refractivity contribution in [2.24, 2.45) is 0 Å². The number of carbonyl (C=O) groups excluding carboxylic acids is 1. The summed E-state index contributed by atoms with van der Waals surface area (Å²) in [4.78, 5) is 12.9. The second-order valence-corrected chi connectivity index (χ2v) is 9.31. The Kier molecular flexibility index (Phi) is 6.75. The molecule has 0 spiro atoms. The van der Waals surface area contributed by atoms with Crippen molar-refractivity contribution in [3.05, 3.63) is 95.3 Å². The maximum atomic E-state index is 13.4. The average Bonchev–Trinajstić information content (AvgIpc) is 2.73. The summed E-state index contributed by atoms with van der Waals surface area (Å²) in [5.74, 6) is -0.826. The van der Waals surface area contributed by atoms with Crippen LogP contribution in [-0.2, 0) is 14.8 Å². The Morgan fingerprint density at radius 2 is 1.58 bits per heavy atom. The average molecular weight is 441 g/mol. The minimum Gasteiger partial charge on any atom is -0.348 e. The predicted octanol–water partition coefficient (Wildman–Crippen LogP) is 4.52. The quantitative estimate of drug-likeness (QED) is 0.588. The number of carbonyl (C=O) groups is 1. The molecule has 0 fully saturated rings. The van der Waals surface area contributed by atoms with Crippen molar-refractivity contribution >= 4 is 21.6 Å². The summed E-state index contributed by atoms with van der Waals surface area (Å²) >= 11 is 0. The van der Waals surface area contributed by atoms with E-state index in [0.29, 0.717) is 5.69 Å². The van der Waals surface area contributed by atoms with Crippen LogP contribution in [0.4, 0.5) is 10.1 Å². The number of aryl methyl sites for hydroxylation is 2. The van der Waals surface area contributed by atoms with Crippen LogP contribution in [0.15, 0.2) is 77.7 Å². The van der Waals surface area contributed by atoms with E-state index in [2.05, 4.69) is 5.32 Å². The van der Waals surface area contributed by atoms with Gasteiger partial charge in [-0.2, -0.15) is 0 Å². The number of para-hydroxylation sites is 1. The van der Waals surface area contributed by atoms with E-state index in [-0.39, 0.29) is 17.3 Å². The van der Waals surface area contributed by atoms with Gasteiger partial charge in [-0.3, -0.25) is 9.10 Å². The highest BCUT2D eigenvalue weighted by Crippen LogP contribution is 2.27. The molecule has 1 atom stereocenters. The molecule has 5 nitrogen and oxygen atoms in total. The number of hydrogen-bond acceptors (Lipinski definition) is 3. The van der Waals surface area contributed by atoms with Crippen molar-refractivity contribution < 1.29 is 17.6 Å². The van der Waals surface area contributed by atoms with Crippen LogP contribution in [0.25, 0.3) is 0 Å². The third-order valence-corrected chi connectivity index (χ3v) is 6.80. The Morgan fingerprint density at radius 1 is 0.968 bits per heavy atom. The van der Waals surface area contributed by atoms with Crippen LogP contribution < -0.4 is 9.62 Å². The Morgan fingerprint density at radius 3 is 2.19 bits per heavy atom. The number of anilines is 1. The molecule has 3 rings (SSSR count). The Balaban J connectivity index is 1.90. The van der Waals surface area contributed by atoms with Crippen molar-refractivity contribution in [1.29, 1.82) is 0 Å². The second kappa shape index (κ2) is 9.31. The smallest absolute Gasteiger partial charge is 0.264 e. The van der Waals surface area contributed by atoms with Gasteiger partial charge in [-0.1, -0.05) is 48.0 Å². The lowest BCUT2D eigenvalue weighted by Crippen LogP contribution is -2.41. The highest BCUT2D eigenvalue weighted by Gasteiger charge is 2.28. The van der Waals surface area contributed by atoms with E-state index in [9.17, 15) is 17.6 Å². The van der Waals surface area contributed by atoms with Crippen molar-refractivity contribution in [2.45, 2.75) is 31.7 Å². The third-order valence-electron chi connectivity index (χ3n) is 5.03. The second-order valence-electron chi connectivity index (χ2n) is 7.45. The molecule has 3 aromatic carbocycles. The predicted molar refractivity (Wildman–Crippen MR) is 120 cm³/mol. The highest BCUT2D eigenvalue weighted by atomic mass is 32.2. The molecule has 0 saturated heterocycles. The number of halogens is 1. The van der Waals surface area contributed by atoms with E-state index in [0.717, 1.165) is 21.0 Å². The molecular weight excluding hydrogens is 415 g/mol. The molecule has 0 bridgehead atoms. The maximum absolute atomic E-state index is 13.4. The van der Waals surface area contributed by atoms with Gasteiger partial charge < -0.3 is 5.32 Å². The van der Waals surface area contributed by atoms with Crippen molar-refractivity contribution in [1.82, 2.24) is 5.32 Å². The first-order chi connectivity index (χ1) is 14.7. The number of amides is 1. The van der Waals surface area contributed by atoms with Gasteiger partial charge in [-0.25, -0.2) is 12.8 Å². The van der Waals surface area contributed by atoms with Crippen LogP contribution in [0.3, 0.4) is 0 Å². The van der Waals surface area contributed by atoms with Gasteiger partial charge in [0.1, 0.15) is 12.4 Å². The number of nitrogens with one attached hydrogen (secondary N) is 1. The first kappa shape index (κ1) is 22.5. The van der Waals surface area contributed by atoms with Gasteiger partial charge in [0.05, 0.1) is 16.6 Å². The van der Waals surface area contributed by atoms with E-state index in [1.165, 1.54) is 24.3 Å². The Labute approximate surface area is 182 Å². The zero-order chi connectivity index (χ0) is 22.6. The van der Waals surface area contributed by atoms with E-state index < -0.39 is 22.0 Å². The molecule has 1 N–H and O–H groups in total. The number of nitrogens with zero attached hydrogens (tertiary/aromatic N) is 1. The van der Waals surface area contributed by atoms with Crippen LogP contribution in [0, 0.1) is 19.7 Å². The van der Waals surface area contributed by atoms with Gasteiger partial charge in [-0.05, 0) is 62.2 Å². The van der Waals surface area contributed by atoms with Gasteiger partial charge in [0.2, 0.25) is 5.91 Å². The van der Waals surface area contributed by atoms with Crippen LogP contribution >= 0.6 is 0 Å². The van der Waals surface area contributed by atoms with Gasteiger partial charge in [0.15, 0.2) is 0 Å². The summed E-state index contributed by atoms with van der Waals surface area (Å²) in [7, 11) is -3.97. The van der Waals surface area contributed by atoms with E-state index in [1.807, 2.05) is 13.0 Å². The summed E-state index contributed by atoms with van der Waals surface area (Å²) in [6, 6.07) is 18.9. The summed E-state index contributed by atoms with van der Waals surface area (Å²) in [5.41, 5.74) is 2.83. The minimum atomic E-state index is -3.97. The molecule has 0 aliphatic rings. The molecule has 1 amide bonds. The first-order valence-corrected chi connectivity index (χ1v) is 11.3. The summed E-state index contributed by atoms with van der Waals surface area (Å²) < 4.78 is 41.2. The van der Waals surface area contributed by atoms with E-state index >= 15 is 0 Å². The van der Waals surface area contributed by atoms with Gasteiger partial charge in [0, 0.05) is 0 Å².